The number of nitrogens with two attached hydrogens (primary N) is 1. The fourth-order valence-corrected chi connectivity index (χ4v) is 2.86. The lowest BCUT2D eigenvalue weighted by atomic mass is 10.1. The Hall–Kier alpha value is -0.880. The molecule has 0 saturated heterocycles. The van der Waals surface area contributed by atoms with Crippen molar-refractivity contribution in [2.75, 3.05) is 5.75 Å². The number of rotatable bonds is 3. The van der Waals surface area contributed by atoms with E-state index in [9.17, 15) is 13.2 Å². The fourth-order valence-electron chi connectivity index (χ4n) is 1.76. The molecule has 1 aliphatic rings. The quantitative estimate of drug-likeness (QED) is 0.921. The minimum atomic E-state index is -4.16. The Labute approximate surface area is 108 Å². The van der Waals surface area contributed by atoms with Gasteiger partial charge in [0.15, 0.2) is 0 Å². The van der Waals surface area contributed by atoms with Crippen LogP contribution >= 0.6 is 11.8 Å². The van der Waals surface area contributed by atoms with E-state index in [4.69, 9.17) is 10.5 Å². The van der Waals surface area contributed by atoms with Crippen molar-refractivity contribution in [3.05, 3.63) is 24.3 Å². The summed E-state index contributed by atoms with van der Waals surface area (Å²) in [7, 11) is 0. The summed E-state index contributed by atoms with van der Waals surface area (Å²) < 4.78 is 42.0. The number of benzene rings is 1. The van der Waals surface area contributed by atoms with Crippen molar-refractivity contribution in [1.82, 2.24) is 0 Å². The highest BCUT2D eigenvalue weighted by molar-refractivity contribution is 7.99. The van der Waals surface area contributed by atoms with Crippen molar-refractivity contribution < 1.29 is 17.9 Å². The van der Waals surface area contributed by atoms with Gasteiger partial charge in [-0.05, 0) is 18.6 Å². The number of para-hydroxylation sites is 1. The summed E-state index contributed by atoms with van der Waals surface area (Å²) in [6.07, 6.45) is -5.47. The van der Waals surface area contributed by atoms with Gasteiger partial charge >= 0.3 is 6.18 Å². The zero-order chi connectivity index (χ0) is 13.2. The lowest BCUT2D eigenvalue weighted by Gasteiger charge is -2.29. The number of hydrogen-bond donors (Lipinski definition) is 1. The molecule has 6 heteroatoms. The van der Waals surface area contributed by atoms with Gasteiger partial charge in [-0.3, -0.25) is 0 Å². The zero-order valence-electron chi connectivity index (χ0n) is 9.61. The van der Waals surface area contributed by atoms with Gasteiger partial charge in [-0.25, -0.2) is 0 Å². The number of thioether (sulfide) groups is 1. The predicted octanol–water partition coefficient (Wildman–Crippen LogP) is 3.21. The Morgan fingerprint density at radius 1 is 1.39 bits per heavy atom. The molecule has 18 heavy (non-hydrogen) atoms. The molecule has 0 saturated carbocycles. The van der Waals surface area contributed by atoms with E-state index in [2.05, 4.69) is 0 Å². The number of halogens is 3. The first kappa shape index (κ1) is 13.5. The second-order valence-corrected chi connectivity index (χ2v) is 5.29. The SMILES string of the molecule is NC(CCC(F)(F)F)C1CSc2ccccc2O1. The predicted molar refractivity (Wildman–Crippen MR) is 64.8 cm³/mol. The Kier molecular flexibility index (Phi) is 4.07. The van der Waals surface area contributed by atoms with Crippen LogP contribution in [0.1, 0.15) is 12.8 Å². The smallest absolute Gasteiger partial charge is 0.389 e. The van der Waals surface area contributed by atoms with Crippen LogP contribution in [0.3, 0.4) is 0 Å². The maximum Gasteiger partial charge on any atom is 0.389 e. The van der Waals surface area contributed by atoms with Gasteiger partial charge in [-0.2, -0.15) is 13.2 Å². The molecule has 0 aromatic heterocycles. The molecule has 1 aliphatic heterocycles. The average molecular weight is 277 g/mol. The van der Waals surface area contributed by atoms with Gasteiger partial charge in [0.1, 0.15) is 11.9 Å². The van der Waals surface area contributed by atoms with Gasteiger partial charge in [-0.15, -0.1) is 11.8 Å². The van der Waals surface area contributed by atoms with E-state index in [-0.39, 0.29) is 12.5 Å². The van der Waals surface area contributed by atoms with Crippen LogP contribution in [0.4, 0.5) is 13.2 Å². The molecule has 2 nitrogen and oxygen atoms in total. The lowest BCUT2D eigenvalue weighted by molar-refractivity contribution is -0.137. The minimum Gasteiger partial charge on any atom is -0.487 e. The first-order valence-electron chi connectivity index (χ1n) is 5.66. The zero-order valence-corrected chi connectivity index (χ0v) is 10.4. The third kappa shape index (κ3) is 3.55. The molecule has 1 heterocycles. The summed E-state index contributed by atoms with van der Waals surface area (Å²) in [4.78, 5) is 1.01. The van der Waals surface area contributed by atoms with Crippen LogP contribution in [0.25, 0.3) is 0 Å². The highest BCUT2D eigenvalue weighted by Crippen LogP contribution is 2.36. The van der Waals surface area contributed by atoms with Crippen molar-refractivity contribution >= 4 is 11.8 Å². The first-order valence-corrected chi connectivity index (χ1v) is 6.65. The van der Waals surface area contributed by atoms with Crippen molar-refractivity contribution in [2.24, 2.45) is 5.73 Å². The Balaban J connectivity index is 1.92. The summed E-state index contributed by atoms with van der Waals surface area (Å²) in [6, 6.07) is 6.89. The molecule has 2 rings (SSSR count). The van der Waals surface area contributed by atoms with E-state index in [0.29, 0.717) is 11.5 Å². The molecule has 0 fully saturated rings. The van der Waals surface area contributed by atoms with Crippen LogP contribution in [-0.2, 0) is 0 Å². The monoisotopic (exact) mass is 277 g/mol. The largest absolute Gasteiger partial charge is 0.487 e. The number of alkyl halides is 3. The molecule has 0 bridgehead atoms. The van der Waals surface area contributed by atoms with Crippen LogP contribution in [0.15, 0.2) is 29.2 Å². The van der Waals surface area contributed by atoms with E-state index in [1.54, 1.807) is 11.8 Å². The lowest BCUT2D eigenvalue weighted by Crippen LogP contribution is -2.42. The van der Waals surface area contributed by atoms with Crippen LogP contribution < -0.4 is 10.5 Å². The average Bonchev–Trinajstić information content (AvgIpc) is 2.34. The van der Waals surface area contributed by atoms with Crippen molar-refractivity contribution in [1.29, 1.82) is 0 Å². The van der Waals surface area contributed by atoms with Crippen LogP contribution in [0.2, 0.25) is 0 Å². The summed E-state index contributed by atoms with van der Waals surface area (Å²) in [6.45, 7) is 0. The van der Waals surface area contributed by atoms with Gasteiger partial charge < -0.3 is 10.5 Å². The minimum absolute atomic E-state index is 0.100. The molecule has 2 atom stereocenters. The molecule has 100 valence electrons. The van der Waals surface area contributed by atoms with Gasteiger partial charge in [-0.1, -0.05) is 12.1 Å². The summed E-state index contributed by atoms with van der Waals surface area (Å²) in [5, 5.41) is 0. The molecule has 0 aliphatic carbocycles. The van der Waals surface area contributed by atoms with Crippen molar-refractivity contribution in [2.45, 2.75) is 36.1 Å². The Bertz CT molecular complexity index is 411. The van der Waals surface area contributed by atoms with E-state index in [1.807, 2.05) is 24.3 Å². The number of ether oxygens (including phenoxy) is 1. The first-order chi connectivity index (χ1) is 8.46. The van der Waals surface area contributed by atoms with Crippen LogP contribution in [0, 0.1) is 0 Å². The highest BCUT2D eigenvalue weighted by atomic mass is 32.2. The molecule has 2 N–H and O–H groups in total. The third-order valence-electron chi connectivity index (χ3n) is 2.77. The summed E-state index contributed by atoms with van der Waals surface area (Å²) >= 11 is 1.57. The van der Waals surface area contributed by atoms with E-state index in [1.165, 1.54) is 0 Å². The number of hydrogen-bond acceptors (Lipinski definition) is 3. The molecule has 0 amide bonds. The Morgan fingerprint density at radius 3 is 2.83 bits per heavy atom. The molecule has 0 spiro atoms. The number of fused-ring (bicyclic) bond motifs is 1. The summed E-state index contributed by atoms with van der Waals surface area (Å²) in [5.74, 6) is 1.30. The molecular formula is C12H14F3NOS. The van der Waals surface area contributed by atoms with E-state index in [0.717, 1.165) is 4.90 Å². The second kappa shape index (κ2) is 5.40. The topological polar surface area (TPSA) is 35.2 Å². The van der Waals surface area contributed by atoms with Crippen molar-refractivity contribution in [3.63, 3.8) is 0 Å². The normalized spacial score (nSPS) is 21.0. The molecular weight excluding hydrogens is 263 g/mol. The maximum atomic E-state index is 12.1. The van der Waals surface area contributed by atoms with Crippen LogP contribution in [-0.4, -0.2) is 24.1 Å². The van der Waals surface area contributed by atoms with Crippen LogP contribution in [0.5, 0.6) is 5.75 Å². The van der Waals surface area contributed by atoms with Crippen molar-refractivity contribution in [3.8, 4) is 5.75 Å². The molecule has 0 radical (unpaired) electrons. The van der Waals surface area contributed by atoms with E-state index < -0.39 is 18.6 Å². The Morgan fingerprint density at radius 2 is 2.11 bits per heavy atom. The summed E-state index contributed by atoms with van der Waals surface area (Å²) in [5.41, 5.74) is 5.77. The fraction of sp³-hybridized carbons (Fsp3) is 0.500. The maximum absolute atomic E-state index is 12.1. The van der Waals surface area contributed by atoms with Gasteiger partial charge in [0.25, 0.3) is 0 Å². The third-order valence-corrected chi connectivity index (χ3v) is 3.91. The molecule has 1 aromatic rings. The highest BCUT2D eigenvalue weighted by Gasteiger charge is 2.31. The molecule has 1 aromatic carbocycles. The standard InChI is InChI=1S/C12H14F3NOS/c13-12(14,15)6-5-8(16)10-7-18-11-4-2-1-3-9(11)17-10/h1-4,8,10H,5-7,16H2. The van der Waals surface area contributed by atoms with E-state index >= 15 is 0 Å². The second-order valence-electron chi connectivity index (χ2n) is 4.23. The van der Waals surface area contributed by atoms with Gasteiger partial charge in [0.2, 0.25) is 0 Å². The van der Waals surface area contributed by atoms with Gasteiger partial charge in [0.05, 0.1) is 0 Å². The molecule has 2 unspecified atom stereocenters. The van der Waals surface area contributed by atoms with Gasteiger partial charge in [0, 0.05) is 23.1 Å².